The summed E-state index contributed by atoms with van der Waals surface area (Å²) in [5.74, 6) is -0.573. The van der Waals surface area contributed by atoms with Gasteiger partial charge in [0.2, 0.25) is 5.91 Å². The number of esters is 1. The van der Waals surface area contributed by atoms with Crippen molar-refractivity contribution in [2.45, 2.75) is 52.1 Å². The normalized spacial score (nSPS) is 24.5. The van der Waals surface area contributed by atoms with Crippen molar-refractivity contribution in [3.63, 3.8) is 0 Å². The van der Waals surface area contributed by atoms with Crippen molar-refractivity contribution < 1.29 is 23.6 Å². The lowest BCUT2D eigenvalue weighted by Gasteiger charge is -2.41. The van der Waals surface area contributed by atoms with E-state index in [0.717, 1.165) is 6.42 Å². The third-order valence-electron chi connectivity index (χ3n) is 5.45. The lowest BCUT2D eigenvalue weighted by Crippen LogP contribution is -2.51. The number of likely N-dealkylation sites (tertiary alicyclic amines) is 1. The van der Waals surface area contributed by atoms with Gasteiger partial charge < -0.3 is 14.5 Å². The molecule has 0 saturated carbocycles. The average molecular weight is 390 g/mol. The van der Waals surface area contributed by atoms with Gasteiger partial charge in [0, 0.05) is 37.9 Å². The number of benzene rings is 1. The lowest BCUT2D eigenvalue weighted by atomic mass is 9.74. The Hall–Kier alpha value is -2.44. The number of carbonyl (C=O) groups excluding carboxylic acids is 2. The van der Waals surface area contributed by atoms with Crippen LogP contribution in [0.5, 0.6) is 0 Å². The number of halogens is 1. The summed E-state index contributed by atoms with van der Waals surface area (Å²) < 4.78 is 18.9. The number of ether oxygens (including phenoxy) is 1. The molecular weight excluding hydrogens is 363 g/mol. The Morgan fingerprint density at radius 3 is 2.93 bits per heavy atom. The summed E-state index contributed by atoms with van der Waals surface area (Å²) in [5, 5.41) is 4.12. The Balaban J connectivity index is 1.74. The van der Waals surface area contributed by atoms with Crippen LogP contribution < -0.4 is 0 Å². The molecule has 3 rings (SSSR count). The molecule has 0 unspecified atom stereocenters. The molecule has 2 heterocycles. The molecule has 0 spiro atoms. The zero-order chi connectivity index (χ0) is 20.1. The van der Waals surface area contributed by atoms with Crippen molar-refractivity contribution in [1.82, 2.24) is 4.90 Å². The van der Waals surface area contributed by atoms with Crippen LogP contribution in [0.3, 0.4) is 0 Å². The minimum Gasteiger partial charge on any atom is -0.466 e. The SMILES string of the molecule is CCOC(=O)[C@@]1(C[C@H]2CC(c3cccc(F)c3)=NO2)CCCN(C(=O)CC)C1. The van der Waals surface area contributed by atoms with E-state index in [4.69, 9.17) is 9.57 Å². The zero-order valence-electron chi connectivity index (χ0n) is 16.4. The number of amides is 1. The minimum absolute atomic E-state index is 0.0393. The Morgan fingerprint density at radius 2 is 2.21 bits per heavy atom. The highest BCUT2D eigenvalue weighted by atomic mass is 19.1. The van der Waals surface area contributed by atoms with Crippen LogP contribution >= 0.6 is 0 Å². The molecule has 1 amide bonds. The van der Waals surface area contributed by atoms with E-state index in [1.807, 2.05) is 6.92 Å². The fraction of sp³-hybridized carbons (Fsp3) is 0.571. The molecule has 0 aliphatic carbocycles. The van der Waals surface area contributed by atoms with E-state index >= 15 is 0 Å². The fourth-order valence-corrected chi connectivity index (χ4v) is 4.08. The third-order valence-corrected chi connectivity index (χ3v) is 5.45. The van der Waals surface area contributed by atoms with E-state index in [0.29, 0.717) is 56.7 Å². The predicted octanol–water partition coefficient (Wildman–Crippen LogP) is 3.29. The number of hydrogen-bond donors (Lipinski definition) is 0. The second-order valence-electron chi connectivity index (χ2n) is 7.46. The minimum atomic E-state index is -0.795. The number of rotatable bonds is 6. The molecule has 2 aliphatic heterocycles. The quantitative estimate of drug-likeness (QED) is 0.699. The number of carbonyl (C=O) groups is 2. The maximum absolute atomic E-state index is 13.5. The molecule has 1 aromatic carbocycles. The molecule has 7 heteroatoms. The van der Waals surface area contributed by atoms with Gasteiger partial charge in [-0.1, -0.05) is 24.2 Å². The van der Waals surface area contributed by atoms with Gasteiger partial charge in [-0.2, -0.15) is 0 Å². The predicted molar refractivity (Wildman–Crippen MR) is 102 cm³/mol. The molecule has 28 heavy (non-hydrogen) atoms. The van der Waals surface area contributed by atoms with Gasteiger partial charge in [0.1, 0.15) is 11.9 Å². The first-order chi connectivity index (χ1) is 13.5. The van der Waals surface area contributed by atoms with Crippen LogP contribution in [0.15, 0.2) is 29.4 Å². The van der Waals surface area contributed by atoms with Gasteiger partial charge in [0.15, 0.2) is 0 Å². The largest absolute Gasteiger partial charge is 0.466 e. The molecular formula is C21H27FN2O4. The number of oxime groups is 1. The van der Waals surface area contributed by atoms with Gasteiger partial charge in [0.05, 0.1) is 17.7 Å². The van der Waals surface area contributed by atoms with Crippen molar-refractivity contribution in [3.8, 4) is 0 Å². The van der Waals surface area contributed by atoms with Gasteiger partial charge in [-0.15, -0.1) is 0 Å². The van der Waals surface area contributed by atoms with E-state index in [9.17, 15) is 14.0 Å². The summed E-state index contributed by atoms with van der Waals surface area (Å²) in [4.78, 5) is 32.4. The van der Waals surface area contributed by atoms with Crippen LogP contribution in [-0.2, 0) is 19.2 Å². The average Bonchev–Trinajstić information content (AvgIpc) is 3.16. The molecule has 1 fully saturated rings. The van der Waals surface area contributed by atoms with E-state index in [1.54, 1.807) is 24.0 Å². The summed E-state index contributed by atoms with van der Waals surface area (Å²) in [6.07, 6.45) is 2.41. The Bertz CT molecular complexity index is 767. The maximum atomic E-state index is 13.5. The van der Waals surface area contributed by atoms with Crippen molar-refractivity contribution in [1.29, 1.82) is 0 Å². The van der Waals surface area contributed by atoms with E-state index in [1.165, 1.54) is 12.1 Å². The molecule has 152 valence electrons. The number of hydrogen-bond acceptors (Lipinski definition) is 5. The molecule has 6 nitrogen and oxygen atoms in total. The van der Waals surface area contributed by atoms with Gasteiger partial charge in [0.25, 0.3) is 0 Å². The van der Waals surface area contributed by atoms with Crippen LogP contribution in [0, 0.1) is 11.2 Å². The summed E-state index contributed by atoms with van der Waals surface area (Å²) in [7, 11) is 0. The lowest BCUT2D eigenvalue weighted by molar-refractivity contribution is -0.163. The van der Waals surface area contributed by atoms with Crippen LogP contribution in [0.4, 0.5) is 4.39 Å². The van der Waals surface area contributed by atoms with E-state index in [2.05, 4.69) is 5.16 Å². The van der Waals surface area contributed by atoms with Gasteiger partial charge in [-0.25, -0.2) is 4.39 Å². The Morgan fingerprint density at radius 1 is 1.39 bits per heavy atom. The van der Waals surface area contributed by atoms with Crippen molar-refractivity contribution >= 4 is 17.6 Å². The molecule has 2 aliphatic rings. The smallest absolute Gasteiger partial charge is 0.314 e. The summed E-state index contributed by atoms with van der Waals surface area (Å²) in [6, 6.07) is 6.23. The second kappa shape index (κ2) is 8.71. The maximum Gasteiger partial charge on any atom is 0.314 e. The van der Waals surface area contributed by atoms with Crippen LogP contribution in [0.1, 0.15) is 51.5 Å². The highest BCUT2D eigenvalue weighted by Crippen LogP contribution is 2.39. The van der Waals surface area contributed by atoms with Crippen molar-refractivity contribution in [2.75, 3.05) is 19.7 Å². The number of piperidine rings is 1. The standard InChI is InChI=1S/C21H27FN2O4/c1-3-19(25)24-10-6-9-21(14-24,20(26)27-4-2)13-17-12-18(23-28-17)15-7-5-8-16(22)11-15/h5,7-8,11,17H,3-4,6,9-10,12-14H2,1-2H3/t17-,21-/m1/s1. The highest BCUT2D eigenvalue weighted by Gasteiger charge is 2.47. The fourth-order valence-electron chi connectivity index (χ4n) is 4.08. The molecule has 0 bridgehead atoms. The molecule has 1 aromatic rings. The monoisotopic (exact) mass is 390 g/mol. The zero-order valence-corrected chi connectivity index (χ0v) is 16.4. The van der Waals surface area contributed by atoms with Crippen LogP contribution in [-0.4, -0.2) is 48.3 Å². The number of nitrogens with zero attached hydrogens (tertiary/aromatic N) is 2. The van der Waals surface area contributed by atoms with E-state index < -0.39 is 5.41 Å². The van der Waals surface area contributed by atoms with Gasteiger partial charge >= 0.3 is 5.97 Å². The molecule has 0 N–H and O–H groups in total. The topological polar surface area (TPSA) is 68.2 Å². The second-order valence-corrected chi connectivity index (χ2v) is 7.46. The summed E-state index contributed by atoms with van der Waals surface area (Å²) in [6.45, 7) is 4.89. The van der Waals surface area contributed by atoms with E-state index in [-0.39, 0.29) is 23.8 Å². The summed E-state index contributed by atoms with van der Waals surface area (Å²) >= 11 is 0. The van der Waals surface area contributed by atoms with Crippen LogP contribution in [0.25, 0.3) is 0 Å². The first-order valence-corrected chi connectivity index (χ1v) is 9.91. The Kier molecular flexibility index (Phi) is 6.31. The molecule has 0 aromatic heterocycles. The molecule has 0 radical (unpaired) electrons. The summed E-state index contributed by atoms with van der Waals surface area (Å²) in [5.41, 5.74) is 0.552. The first-order valence-electron chi connectivity index (χ1n) is 9.91. The van der Waals surface area contributed by atoms with Gasteiger partial charge in [-0.05, 0) is 31.9 Å². The van der Waals surface area contributed by atoms with Gasteiger partial charge in [-0.3, -0.25) is 9.59 Å². The Labute approximate surface area is 164 Å². The first kappa shape index (κ1) is 20.3. The van der Waals surface area contributed by atoms with Crippen LogP contribution in [0.2, 0.25) is 0 Å². The molecule has 1 saturated heterocycles. The highest BCUT2D eigenvalue weighted by molar-refractivity contribution is 6.01. The molecule has 2 atom stereocenters. The third kappa shape index (κ3) is 4.34. The van der Waals surface area contributed by atoms with Crippen molar-refractivity contribution in [2.24, 2.45) is 10.6 Å². The van der Waals surface area contributed by atoms with Crippen molar-refractivity contribution in [3.05, 3.63) is 35.6 Å².